The molecule has 104 valence electrons. The van der Waals surface area contributed by atoms with Crippen LogP contribution in [-0.2, 0) is 4.79 Å². The van der Waals surface area contributed by atoms with Gasteiger partial charge in [0.15, 0.2) is 0 Å². The second kappa shape index (κ2) is 7.56. The number of benzene rings is 1. The SMILES string of the molecule is Cc1ccc(NC(=O)CSCC2CCCNC2)cc1. The predicted octanol–water partition coefficient (Wildman–Crippen LogP) is 2.67. The van der Waals surface area contributed by atoms with Crippen molar-refractivity contribution in [3.8, 4) is 0 Å². The quantitative estimate of drug-likeness (QED) is 0.870. The highest BCUT2D eigenvalue weighted by atomic mass is 32.2. The summed E-state index contributed by atoms with van der Waals surface area (Å²) < 4.78 is 0. The molecule has 1 aliphatic rings. The molecular formula is C15H22N2OS. The van der Waals surface area contributed by atoms with Crippen LogP contribution in [0, 0.1) is 12.8 Å². The summed E-state index contributed by atoms with van der Waals surface area (Å²) in [5, 5.41) is 6.34. The van der Waals surface area contributed by atoms with E-state index in [4.69, 9.17) is 0 Å². The first-order valence-electron chi connectivity index (χ1n) is 6.89. The van der Waals surface area contributed by atoms with Crippen molar-refractivity contribution in [2.24, 2.45) is 5.92 Å². The van der Waals surface area contributed by atoms with Crippen molar-refractivity contribution in [2.45, 2.75) is 19.8 Å². The number of piperidine rings is 1. The Hall–Kier alpha value is -1.00. The molecule has 19 heavy (non-hydrogen) atoms. The number of amides is 1. The van der Waals surface area contributed by atoms with Crippen molar-refractivity contribution in [3.05, 3.63) is 29.8 Å². The molecule has 1 heterocycles. The number of aryl methyl sites for hydroxylation is 1. The Bertz CT molecular complexity index is 399. The van der Waals surface area contributed by atoms with Gasteiger partial charge in [0, 0.05) is 5.69 Å². The summed E-state index contributed by atoms with van der Waals surface area (Å²) in [5.41, 5.74) is 2.09. The van der Waals surface area contributed by atoms with Crippen LogP contribution in [0.3, 0.4) is 0 Å². The third-order valence-corrected chi connectivity index (χ3v) is 4.49. The minimum atomic E-state index is 0.0950. The van der Waals surface area contributed by atoms with Crippen molar-refractivity contribution in [1.29, 1.82) is 0 Å². The molecule has 1 saturated heterocycles. The number of hydrogen-bond donors (Lipinski definition) is 2. The monoisotopic (exact) mass is 278 g/mol. The fraction of sp³-hybridized carbons (Fsp3) is 0.533. The lowest BCUT2D eigenvalue weighted by Crippen LogP contribution is -2.31. The molecule has 1 unspecified atom stereocenters. The average Bonchev–Trinajstić information content (AvgIpc) is 2.43. The summed E-state index contributed by atoms with van der Waals surface area (Å²) in [6.45, 7) is 4.29. The van der Waals surface area contributed by atoms with Gasteiger partial charge in [-0.1, -0.05) is 17.7 Å². The van der Waals surface area contributed by atoms with E-state index in [0.29, 0.717) is 5.75 Å². The minimum absolute atomic E-state index is 0.0950. The molecule has 0 aromatic heterocycles. The lowest BCUT2D eigenvalue weighted by Gasteiger charge is -2.22. The molecule has 0 saturated carbocycles. The van der Waals surface area contributed by atoms with Crippen molar-refractivity contribution < 1.29 is 4.79 Å². The summed E-state index contributed by atoms with van der Waals surface area (Å²) >= 11 is 1.74. The summed E-state index contributed by atoms with van der Waals surface area (Å²) in [5.74, 6) is 2.45. The van der Waals surface area contributed by atoms with Crippen molar-refractivity contribution >= 4 is 23.4 Å². The Morgan fingerprint density at radius 2 is 2.21 bits per heavy atom. The van der Waals surface area contributed by atoms with Crippen molar-refractivity contribution in [2.75, 3.05) is 29.9 Å². The second-order valence-electron chi connectivity index (χ2n) is 5.14. The van der Waals surface area contributed by atoms with E-state index in [1.54, 1.807) is 11.8 Å². The number of anilines is 1. The zero-order valence-electron chi connectivity index (χ0n) is 11.4. The smallest absolute Gasteiger partial charge is 0.234 e. The van der Waals surface area contributed by atoms with Crippen LogP contribution < -0.4 is 10.6 Å². The fourth-order valence-corrected chi connectivity index (χ4v) is 3.21. The maximum absolute atomic E-state index is 11.8. The van der Waals surface area contributed by atoms with Gasteiger partial charge in [0.05, 0.1) is 5.75 Å². The van der Waals surface area contributed by atoms with Gasteiger partial charge in [-0.3, -0.25) is 4.79 Å². The summed E-state index contributed by atoms with van der Waals surface area (Å²) in [7, 11) is 0. The molecule has 0 radical (unpaired) electrons. The number of hydrogen-bond acceptors (Lipinski definition) is 3. The molecule has 1 aliphatic heterocycles. The van der Waals surface area contributed by atoms with E-state index in [1.807, 2.05) is 31.2 Å². The largest absolute Gasteiger partial charge is 0.325 e. The third-order valence-electron chi connectivity index (χ3n) is 3.32. The molecule has 4 heteroatoms. The highest BCUT2D eigenvalue weighted by Gasteiger charge is 2.13. The van der Waals surface area contributed by atoms with Crippen LogP contribution in [0.15, 0.2) is 24.3 Å². The highest BCUT2D eigenvalue weighted by molar-refractivity contribution is 7.99. The predicted molar refractivity (Wildman–Crippen MR) is 82.7 cm³/mol. The average molecular weight is 278 g/mol. The van der Waals surface area contributed by atoms with E-state index < -0.39 is 0 Å². The maximum Gasteiger partial charge on any atom is 0.234 e. The molecule has 0 spiro atoms. The highest BCUT2D eigenvalue weighted by Crippen LogP contribution is 2.16. The van der Waals surface area contributed by atoms with E-state index in [1.165, 1.54) is 18.4 Å². The van der Waals surface area contributed by atoms with Crippen LogP contribution >= 0.6 is 11.8 Å². The molecule has 1 fully saturated rings. The normalized spacial score (nSPS) is 19.1. The van der Waals surface area contributed by atoms with Crippen LogP contribution in [0.2, 0.25) is 0 Å². The van der Waals surface area contributed by atoms with Gasteiger partial charge in [-0.2, -0.15) is 11.8 Å². The number of thioether (sulfide) groups is 1. The molecular weight excluding hydrogens is 256 g/mol. The number of carbonyl (C=O) groups is 1. The van der Waals surface area contributed by atoms with Crippen LogP contribution in [0.4, 0.5) is 5.69 Å². The van der Waals surface area contributed by atoms with Gasteiger partial charge in [0.1, 0.15) is 0 Å². The molecule has 2 rings (SSSR count). The van der Waals surface area contributed by atoms with Crippen LogP contribution in [0.5, 0.6) is 0 Å². The lowest BCUT2D eigenvalue weighted by atomic mass is 10.0. The Morgan fingerprint density at radius 1 is 1.42 bits per heavy atom. The van der Waals surface area contributed by atoms with Gasteiger partial charge in [-0.05, 0) is 56.7 Å². The van der Waals surface area contributed by atoms with E-state index in [0.717, 1.165) is 30.4 Å². The summed E-state index contributed by atoms with van der Waals surface area (Å²) in [6, 6.07) is 7.92. The molecule has 0 aliphatic carbocycles. The number of rotatable bonds is 5. The van der Waals surface area contributed by atoms with E-state index in [9.17, 15) is 4.79 Å². The van der Waals surface area contributed by atoms with Gasteiger partial charge in [-0.15, -0.1) is 0 Å². The second-order valence-corrected chi connectivity index (χ2v) is 6.17. The van der Waals surface area contributed by atoms with Crippen molar-refractivity contribution in [3.63, 3.8) is 0 Å². The van der Waals surface area contributed by atoms with Crippen molar-refractivity contribution in [1.82, 2.24) is 5.32 Å². The third kappa shape index (κ3) is 5.25. The molecule has 0 bridgehead atoms. The Kier molecular flexibility index (Phi) is 5.73. The Labute approximate surface area is 119 Å². The van der Waals surface area contributed by atoms with Gasteiger partial charge in [0.25, 0.3) is 0 Å². The fourth-order valence-electron chi connectivity index (χ4n) is 2.22. The summed E-state index contributed by atoms with van der Waals surface area (Å²) in [6.07, 6.45) is 2.56. The van der Waals surface area contributed by atoms with E-state index in [2.05, 4.69) is 10.6 Å². The molecule has 2 N–H and O–H groups in total. The van der Waals surface area contributed by atoms with E-state index in [-0.39, 0.29) is 5.91 Å². The molecule has 1 aromatic rings. The van der Waals surface area contributed by atoms with Gasteiger partial charge < -0.3 is 10.6 Å². The Balaban J connectivity index is 1.65. The number of carbonyl (C=O) groups excluding carboxylic acids is 1. The summed E-state index contributed by atoms with van der Waals surface area (Å²) in [4.78, 5) is 11.8. The molecule has 1 atom stereocenters. The van der Waals surface area contributed by atoms with Gasteiger partial charge in [0.2, 0.25) is 5.91 Å². The van der Waals surface area contributed by atoms with Gasteiger partial charge >= 0.3 is 0 Å². The maximum atomic E-state index is 11.8. The molecule has 3 nitrogen and oxygen atoms in total. The Morgan fingerprint density at radius 3 is 2.89 bits per heavy atom. The van der Waals surface area contributed by atoms with Gasteiger partial charge in [-0.25, -0.2) is 0 Å². The zero-order valence-corrected chi connectivity index (χ0v) is 12.3. The minimum Gasteiger partial charge on any atom is -0.325 e. The first-order valence-corrected chi connectivity index (χ1v) is 8.04. The topological polar surface area (TPSA) is 41.1 Å². The first-order chi connectivity index (χ1) is 9.24. The molecule has 1 amide bonds. The molecule has 1 aromatic carbocycles. The number of nitrogens with one attached hydrogen (secondary N) is 2. The first kappa shape index (κ1) is 14.4. The standard InChI is InChI=1S/C15H22N2OS/c1-12-4-6-14(7-5-12)17-15(18)11-19-10-13-3-2-8-16-9-13/h4-7,13,16H,2-3,8-11H2,1H3,(H,17,18). The van der Waals surface area contributed by atoms with Crippen LogP contribution in [0.1, 0.15) is 18.4 Å². The van der Waals surface area contributed by atoms with Crippen LogP contribution in [-0.4, -0.2) is 30.5 Å². The van der Waals surface area contributed by atoms with E-state index >= 15 is 0 Å². The van der Waals surface area contributed by atoms with Crippen LogP contribution in [0.25, 0.3) is 0 Å². The lowest BCUT2D eigenvalue weighted by molar-refractivity contribution is -0.113. The zero-order chi connectivity index (χ0) is 13.5.